The maximum absolute atomic E-state index is 5.59. The van der Waals surface area contributed by atoms with Crippen molar-refractivity contribution in [1.82, 2.24) is 20.3 Å². The summed E-state index contributed by atoms with van der Waals surface area (Å²) in [5.74, 6) is 2.91. The molecule has 2 aromatic rings. The molecule has 1 aliphatic heterocycles. The molecule has 0 spiro atoms. The van der Waals surface area contributed by atoms with Crippen molar-refractivity contribution < 1.29 is 18.7 Å². The maximum atomic E-state index is 5.59. The van der Waals surface area contributed by atoms with Gasteiger partial charge in [0.15, 0.2) is 17.5 Å². The number of nitrogens with zero attached hydrogens (tertiary/aromatic N) is 4. The van der Waals surface area contributed by atoms with Crippen molar-refractivity contribution in [2.24, 2.45) is 4.99 Å². The van der Waals surface area contributed by atoms with E-state index in [1.54, 1.807) is 27.6 Å². The molecule has 10 heteroatoms. The first-order valence-electron chi connectivity index (χ1n) is 10.6. The molecular weight excluding hydrogens is 525 g/mol. The van der Waals surface area contributed by atoms with Gasteiger partial charge in [-0.05, 0) is 19.4 Å². The van der Waals surface area contributed by atoms with Gasteiger partial charge in [0.2, 0.25) is 5.75 Å². The van der Waals surface area contributed by atoms with Crippen molar-refractivity contribution in [3.63, 3.8) is 0 Å². The minimum Gasteiger partial charge on any atom is -0.493 e. The van der Waals surface area contributed by atoms with Gasteiger partial charge in [0.25, 0.3) is 0 Å². The molecule has 1 aliphatic rings. The van der Waals surface area contributed by atoms with Crippen molar-refractivity contribution in [1.29, 1.82) is 0 Å². The molecule has 1 aromatic heterocycles. The van der Waals surface area contributed by atoms with E-state index < -0.39 is 0 Å². The predicted molar refractivity (Wildman–Crippen MR) is 135 cm³/mol. The van der Waals surface area contributed by atoms with Gasteiger partial charge in [0.1, 0.15) is 6.26 Å². The number of halogens is 1. The molecule has 3 rings (SSSR count). The zero-order chi connectivity index (χ0) is 22.1. The van der Waals surface area contributed by atoms with Crippen LogP contribution in [-0.4, -0.2) is 81.5 Å². The van der Waals surface area contributed by atoms with Crippen molar-refractivity contribution in [2.75, 3.05) is 60.6 Å². The second kappa shape index (κ2) is 13.4. The zero-order valence-electron chi connectivity index (χ0n) is 19.3. The zero-order valence-corrected chi connectivity index (χ0v) is 21.6. The van der Waals surface area contributed by atoms with Gasteiger partial charge in [0.05, 0.1) is 27.0 Å². The Morgan fingerprint density at radius 1 is 1.06 bits per heavy atom. The molecule has 1 aromatic carbocycles. The lowest BCUT2D eigenvalue weighted by atomic mass is 10.1. The number of nitrogens with one attached hydrogen (secondary N) is 1. The minimum absolute atomic E-state index is 0. The van der Waals surface area contributed by atoms with E-state index in [0.717, 1.165) is 62.9 Å². The van der Waals surface area contributed by atoms with E-state index in [1.165, 1.54) is 0 Å². The van der Waals surface area contributed by atoms with Crippen molar-refractivity contribution >= 4 is 29.9 Å². The lowest BCUT2D eigenvalue weighted by Crippen LogP contribution is -2.52. The Morgan fingerprint density at radius 2 is 1.81 bits per heavy atom. The fourth-order valence-corrected chi connectivity index (χ4v) is 3.73. The van der Waals surface area contributed by atoms with Gasteiger partial charge < -0.3 is 29.0 Å². The van der Waals surface area contributed by atoms with Crippen molar-refractivity contribution in [3.05, 3.63) is 35.7 Å². The minimum atomic E-state index is 0. The molecule has 0 atom stereocenters. The Bertz CT molecular complexity index is 839. The van der Waals surface area contributed by atoms with Crippen LogP contribution >= 0.6 is 24.0 Å². The summed E-state index contributed by atoms with van der Waals surface area (Å²) in [6.45, 7) is 8.14. The normalized spacial score (nSPS) is 14.6. The number of aliphatic imine (C=N–C) groups is 1. The third-order valence-corrected chi connectivity index (χ3v) is 5.31. The average molecular weight is 559 g/mol. The highest BCUT2D eigenvalue weighted by molar-refractivity contribution is 14.0. The lowest BCUT2D eigenvalue weighted by molar-refractivity contribution is 0.169. The summed E-state index contributed by atoms with van der Waals surface area (Å²) in [7, 11) is 4.88. The fraction of sp³-hybridized carbons (Fsp3) is 0.545. The topological polar surface area (TPSA) is 84.6 Å². The van der Waals surface area contributed by atoms with Gasteiger partial charge in [-0.2, -0.15) is 0 Å². The Morgan fingerprint density at radius 3 is 2.41 bits per heavy atom. The van der Waals surface area contributed by atoms with Crippen LogP contribution in [0.5, 0.6) is 17.2 Å². The summed E-state index contributed by atoms with van der Waals surface area (Å²) >= 11 is 0. The van der Waals surface area contributed by atoms with Gasteiger partial charge in [0, 0.05) is 57.4 Å². The highest BCUT2D eigenvalue weighted by Crippen LogP contribution is 2.39. The third kappa shape index (κ3) is 6.64. The number of rotatable bonds is 9. The van der Waals surface area contributed by atoms with Gasteiger partial charge in [-0.3, -0.25) is 9.89 Å². The Kier molecular flexibility index (Phi) is 10.9. The van der Waals surface area contributed by atoms with E-state index in [9.17, 15) is 0 Å². The quantitative estimate of drug-likeness (QED) is 0.285. The molecule has 0 radical (unpaired) electrons. The Hall–Kier alpha value is -2.21. The summed E-state index contributed by atoms with van der Waals surface area (Å²) in [6.07, 6.45) is 2.36. The number of piperazine rings is 1. The van der Waals surface area contributed by atoms with E-state index in [-0.39, 0.29) is 24.0 Å². The summed E-state index contributed by atoms with van der Waals surface area (Å²) in [4.78, 5) is 9.56. The smallest absolute Gasteiger partial charge is 0.203 e. The molecule has 1 saturated heterocycles. The second-order valence-corrected chi connectivity index (χ2v) is 7.23. The molecule has 0 bridgehead atoms. The van der Waals surface area contributed by atoms with Crippen LogP contribution in [0.2, 0.25) is 0 Å². The van der Waals surface area contributed by atoms with Crippen LogP contribution in [0.4, 0.5) is 0 Å². The van der Waals surface area contributed by atoms with Crippen LogP contribution in [0, 0.1) is 0 Å². The Balaban J connectivity index is 0.00000363. The summed E-state index contributed by atoms with van der Waals surface area (Å²) in [6, 6.07) is 5.82. The molecule has 0 aliphatic carbocycles. The summed E-state index contributed by atoms with van der Waals surface area (Å²) in [5, 5.41) is 7.43. The number of ether oxygens (including phenoxy) is 3. The van der Waals surface area contributed by atoms with Crippen LogP contribution in [-0.2, 0) is 13.0 Å². The first-order chi connectivity index (χ1) is 15.2. The van der Waals surface area contributed by atoms with Gasteiger partial charge in [-0.1, -0.05) is 11.2 Å². The van der Waals surface area contributed by atoms with Crippen molar-refractivity contribution in [2.45, 2.75) is 19.9 Å². The van der Waals surface area contributed by atoms with Crippen LogP contribution in [0.1, 0.15) is 18.2 Å². The number of benzene rings is 1. The van der Waals surface area contributed by atoms with E-state index in [4.69, 9.17) is 23.7 Å². The maximum Gasteiger partial charge on any atom is 0.203 e. The van der Waals surface area contributed by atoms with E-state index in [0.29, 0.717) is 23.8 Å². The van der Waals surface area contributed by atoms with Gasteiger partial charge in [-0.15, -0.1) is 24.0 Å². The van der Waals surface area contributed by atoms with Crippen LogP contribution < -0.4 is 19.5 Å². The highest BCUT2D eigenvalue weighted by atomic mass is 127. The summed E-state index contributed by atoms with van der Waals surface area (Å²) < 4.78 is 21.4. The molecule has 1 fully saturated rings. The molecule has 178 valence electrons. The number of aromatic nitrogens is 1. The van der Waals surface area contributed by atoms with E-state index in [1.807, 2.05) is 18.2 Å². The van der Waals surface area contributed by atoms with E-state index >= 15 is 0 Å². The van der Waals surface area contributed by atoms with E-state index in [2.05, 4.69) is 27.2 Å². The largest absolute Gasteiger partial charge is 0.493 e. The second-order valence-electron chi connectivity index (χ2n) is 7.23. The molecule has 32 heavy (non-hydrogen) atoms. The van der Waals surface area contributed by atoms with Crippen LogP contribution in [0.15, 0.2) is 34.0 Å². The molecule has 0 amide bonds. The number of hydrogen-bond donors (Lipinski definition) is 1. The highest BCUT2D eigenvalue weighted by Gasteiger charge is 2.20. The summed E-state index contributed by atoms with van der Waals surface area (Å²) in [5.41, 5.74) is 2.01. The number of guanidine groups is 1. The predicted octanol–water partition coefficient (Wildman–Crippen LogP) is 2.64. The first kappa shape index (κ1) is 26.0. The molecular formula is C22H34IN5O4. The molecule has 0 unspecified atom stereocenters. The molecule has 1 N–H and O–H groups in total. The molecule has 9 nitrogen and oxygen atoms in total. The van der Waals surface area contributed by atoms with Crippen LogP contribution in [0.25, 0.3) is 0 Å². The lowest BCUT2D eigenvalue weighted by Gasteiger charge is -2.36. The van der Waals surface area contributed by atoms with Gasteiger partial charge >= 0.3 is 0 Å². The SMILES string of the molecule is CCNC(=NCCc1ccc(OC)c(OC)c1OC)N1CCN(Cc2ccon2)CC1.I. The standard InChI is InChI=1S/C22H33N5O4.HI/c1-5-23-22(27-13-11-26(12-14-27)16-18-9-15-31-25-18)24-10-8-17-6-7-19(28-2)21(30-4)20(17)29-3;/h6-7,9,15H,5,8,10-14,16H2,1-4H3,(H,23,24);1H. The molecule has 2 heterocycles. The monoisotopic (exact) mass is 559 g/mol. The fourth-order valence-electron chi connectivity index (χ4n) is 3.73. The van der Waals surface area contributed by atoms with Crippen LogP contribution in [0.3, 0.4) is 0 Å². The Labute approximate surface area is 207 Å². The molecule has 0 saturated carbocycles. The first-order valence-corrected chi connectivity index (χ1v) is 10.6. The average Bonchev–Trinajstić information content (AvgIpc) is 3.31. The third-order valence-electron chi connectivity index (χ3n) is 5.31. The van der Waals surface area contributed by atoms with Crippen molar-refractivity contribution in [3.8, 4) is 17.2 Å². The van der Waals surface area contributed by atoms with Gasteiger partial charge in [-0.25, -0.2) is 0 Å². The number of methoxy groups -OCH3 is 3. The number of hydrogen-bond acceptors (Lipinski definition) is 7.